The maximum absolute atomic E-state index is 12.4. The van der Waals surface area contributed by atoms with Gasteiger partial charge in [-0.3, -0.25) is 4.72 Å². The lowest BCUT2D eigenvalue weighted by Gasteiger charge is -2.09. The number of aromatic nitrogens is 1. The zero-order valence-corrected chi connectivity index (χ0v) is 16.7. The van der Waals surface area contributed by atoms with E-state index >= 15 is 0 Å². The van der Waals surface area contributed by atoms with Crippen molar-refractivity contribution in [3.8, 4) is 0 Å². The number of halogens is 1. The molecule has 25 heavy (non-hydrogen) atoms. The fourth-order valence-corrected chi connectivity index (χ4v) is 5.79. The summed E-state index contributed by atoms with van der Waals surface area (Å²) in [4.78, 5) is 4.55. The number of anilines is 1. The molecule has 0 fully saturated rings. The van der Waals surface area contributed by atoms with E-state index in [-0.39, 0.29) is 5.75 Å². The number of hydrogen-bond donors (Lipinski definition) is 1. The Morgan fingerprint density at radius 1 is 1.24 bits per heavy atom. The Labute approximate surface area is 160 Å². The van der Waals surface area contributed by atoms with Crippen molar-refractivity contribution in [2.45, 2.75) is 23.4 Å². The van der Waals surface area contributed by atoms with Gasteiger partial charge < -0.3 is 0 Å². The highest BCUT2D eigenvalue weighted by molar-refractivity contribution is 8.01. The third kappa shape index (κ3) is 4.88. The molecule has 4 nitrogen and oxygen atoms in total. The van der Waals surface area contributed by atoms with E-state index < -0.39 is 10.0 Å². The molecule has 0 saturated carbocycles. The van der Waals surface area contributed by atoms with Crippen LogP contribution in [0.2, 0.25) is 5.02 Å². The van der Waals surface area contributed by atoms with Gasteiger partial charge in [0.15, 0.2) is 4.34 Å². The number of hydrogen-bond acceptors (Lipinski definition) is 5. The van der Waals surface area contributed by atoms with Crippen molar-refractivity contribution in [3.05, 3.63) is 53.1 Å². The minimum Gasteiger partial charge on any atom is -0.283 e. The second-order valence-electron chi connectivity index (χ2n) is 5.46. The fourth-order valence-electron chi connectivity index (χ4n) is 2.25. The molecule has 3 aromatic rings. The van der Waals surface area contributed by atoms with Crippen LogP contribution in [0, 0.1) is 0 Å². The van der Waals surface area contributed by atoms with Gasteiger partial charge >= 0.3 is 0 Å². The summed E-state index contributed by atoms with van der Waals surface area (Å²) in [5.41, 5.74) is 2.00. The van der Waals surface area contributed by atoms with Crippen molar-refractivity contribution < 1.29 is 8.42 Å². The van der Waals surface area contributed by atoms with E-state index in [1.807, 2.05) is 12.1 Å². The van der Waals surface area contributed by atoms with Crippen molar-refractivity contribution in [3.63, 3.8) is 0 Å². The van der Waals surface area contributed by atoms with Crippen LogP contribution < -0.4 is 4.72 Å². The zero-order valence-electron chi connectivity index (χ0n) is 13.5. The maximum atomic E-state index is 12.4. The fraction of sp³-hybridized carbons (Fsp3) is 0.235. The first-order valence-electron chi connectivity index (χ1n) is 7.74. The minimum atomic E-state index is -3.54. The lowest BCUT2D eigenvalue weighted by atomic mass is 10.2. The van der Waals surface area contributed by atoms with Crippen LogP contribution in [0.25, 0.3) is 10.2 Å². The molecule has 0 aliphatic carbocycles. The summed E-state index contributed by atoms with van der Waals surface area (Å²) in [5, 5.41) is 0.448. The summed E-state index contributed by atoms with van der Waals surface area (Å²) in [7, 11) is -3.54. The van der Waals surface area contributed by atoms with Gasteiger partial charge in [0, 0.05) is 10.8 Å². The molecule has 0 aliphatic heterocycles. The molecule has 1 heterocycles. The summed E-state index contributed by atoms with van der Waals surface area (Å²) < 4.78 is 29.4. The number of nitrogens with one attached hydrogen (secondary N) is 1. The van der Waals surface area contributed by atoms with Crippen LogP contribution >= 0.6 is 34.7 Å². The van der Waals surface area contributed by atoms with Gasteiger partial charge in [0.1, 0.15) is 0 Å². The highest BCUT2D eigenvalue weighted by atomic mass is 35.5. The third-order valence-electron chi connectivity index (χ3n) is 3.38. The highest BCUT2D eigenvalue weighted by Crippen LogP contribution is 2.32. The van der Waals surface area contributed by atoms with Gasteiger partial charge in [-0.05, 0) is 36.2 Å². The molecule has 0 aliphatic rings. The van der Waals surface area contributed by atoms with Gasteiger partial charge in [0.25, 0.3) is 0 Å². The van der Waals surface area contributed by atoms with Crippen LogP contribution in [0.15, 0.2) is 46.8 Å². The summed E-state index contributed by atoms with van der Waals surface area (Å²) in [6.07, 6.45) is 1.09. The van der Waals surface area contributed by atoms with Crippen LogP contribution in [-0.2, 0) is 15.8 Å². The van der Waals surface area contributed by atoms with Crippen molar-refractivity contribution in [1.82, 2.24) is 4.98 Å². The minimum absolute atomic E-state index is 0.162. The average molecular weight is 413 g/mol. The zero-order chi connectivity index (χ0) is 17.9. The van der Waals surface area contributed by atoms with Gasteiger partial charge in [-0.1, -0.05) is 48.5 Å². The molecule has 8 heteroatoms. The first-order chi connectivity index (χ1) is 12.0. The van der Waals surface area contributed by atoms with E-state index in [1.54, 1.807) is 53.4 Å². The molecule has 0 atom stereocenters. The Kier molecular flexibility index (Phi) is 5.89. The third-order valence-corrected chi connectivity index (χ3v) is 7.35. The first kappa shape index (κ1) is 18.5. The summed E-state index contributed by atoms with van der Waals surface area (Å²) in [6.45, 7) is 2.13. The average Bonchev–Trinajstić information content (AvgIpc) is 2.96. The molecule has 0 amide bonds. The Balaban J connectivity index is 1.78. The standard InChI is InChI=1S/C17H17ClN2O2S3/c1-2-9-23-17-19-15-8-7-13(10-16(15)24-17)20-25(21,22)11-12-5-3-4-6-14(12)18/h3-8,10,20H,2,9,11H2,1H3. The molecule has 1 aromatic heterocycles. The number of sulfonamides is 1. The van der Waals surface area contributed by atoms with Crippen molar-refractivity contribution in [1.29, 1.82) is 0 Å². The second kappa shape index (κ2) is 7.95. The number of fused-ring (bicyclic) bond motifs is 1. The largest absolute Gasteiger partial charge is 0.283 e. The van der Waals surface area contributed by atoms with Gasteiger partial charge in [-0.2, -0.15) is 0 Å². The molecule has 0 saturated heterocycles. The molecule has 2 aromatic carbocycles. The Morgan fingerprint density at radius 2 is 2.04 bits per heavy atom. The number of thiazole rings is 1. The number of thioether (sulfide) groups is 1. The predicted octanol–water partition coefficient (Wildman–Crippen LogP) is 5.39. The topological polar surface area (TPSA) is 59.1 Å². The van der Waals surface area contributed by atoms with Gasteiger partial charge in [0.05, 0.1) is 21.7 Å². The van der Waals surface area contributed by atoms with Crippen LogP contribution in [0.4, 0.5) is 5.69 Å². The normalized spacial score (nSPS) is 11.8. The van der Waals surface area contributed by atoms with Crippen LogP contribution in [0.1, 0.15) is 18.9 Å². The number of rotatable bonds is 7. The van der Waals surface area contributed by atoms with E-state index in [9.17, 15) is 8.42 Å². The molecule has 0 unspecified atom stereocenters. The smallest absolute Gasteiger partial charge is 0.236 e. The monoisotopic (exact) mass is 412 g/mol. The molecule has 132 valence electrons. The molecule has 1 N–H and O–H groups in total. The molecule has 0 radical (unpaired) electrons. The van der Waals surface area contributed by atoms with E-state index in [2.05, 4.69) is 16.6 Å². The van der Waals surface area contributed by atoms with Crippen molar-refractivity contribution in [2.75, 3.05) is 10.5 Å². The van der Waals surface area contributed by atoms with Gasteiger partial charge in [-0.25, -0.2) is 13.4 Å². The van der Waals surface area contributed by atoms with Crippen molar-refractivity contribution >= 4 is 60.6 Å². The molecular weight excluding hydrogens is 396 g/mol. The van der Waals surface area contributed by atoms with E-state index in [4.69, 9.17) is 11.6 Å². The van der Waals surface area contributed by atoms with Crippen LogP contribution in [-0.4, -0.2) is 19.2 Å². The molecule has 3 rings (SSSR count). The highest BCUT2D eigenvalue weighted by Gasteiger charge is 2.15. The van der Waals surface area contributed by atoms with E-state index in [1.165, 1.54) is 0 Å². The SMILES string of the molecule is CCCSc1nc2ccc(NS(=O)(=O)Cc3ccccc3Cl)cc2s1. The summed E-state index contributed by atoms with van der Waals surface area (Å²) >= 11 is 9.36. The first-order valence-corrected chi connectivity index (χ1v) is 11.6. The van der Waals surface area contributed by atoms with E-state index in [0.29, 0.717) is 16.3 Å². The maximum Gasteiger partial charge on any atom is 0.236 e. The summed E-state index contributed by atoms with van der Waals surface area (Å²) in [6, 6.07) is 12.4. The Morgan fingerprint density at radius 3 is 2.80 bits per heavy atom. The van der Waals surface area contributed by atoms with Gasteiger partial charge in [-0.15, -0.1) is 11.3 Å². The second-order valence-corrected chi connectivity index (χ2v) is 9.97. The molecular formula is C17H17ClN2O2S3. The lowest BCUT2D eigenvalue weighted by molar-refractivity contribution is 0.600. The lowest BCUT2D eigenvalue weighted by Crippen LogP contribution is -2.15. The van der Waals surface area contributed by atoms with Crippen molar-refractivity contribution in [2.24, 2.45) is 0 Å². The predicted molar refractivity (Wildman–Crippen MR) is 108 cm³/mol. The van der Waals surface area contributed by atoms with Gasteiger partial charge in [0.2, 0.25) is 10.0 Å². The Hall–Kier alpha value is -1.28. The molecule has 0 spiro atoms. The van der Waals surface area contributed by atoms with E-state index in [0.717, 1.165) is 26.7 Å². The van der Waals surface area contributed by atoms with Crippen LogP contribution in [0.5, 0.6) is 0 Å². The number of benzene rings is 2. The number of nitrogens with zero attached hydrogens (tertiary/aromatic N) is 1. The molecule has 0 bridgehead atoms. The Bertz CT molecular complexity index is 986. The summed E-state index contributed by atoms with van der Waals surface area (Å²) in [5.74, 6) is 0.863. The quantitative estimate of drug-likeness (QED) is 0.528. The van der Waals surface area contributed by atoms with Crippen LogP contribution in [0.3, 0.4) is 0 Å².